The van der Waals surface area contributed by atoms with Crippen molar-refractivity contribution in [2.24, 2.45) is 4.99 Å². The summed E-state index contributed by atoms with van der Waals surface area (Å²) in [6.45, 7) is 3.49. The number of hydrogen-bond donors (Lipinski definition) is 3. The van der Waals surface area contributed by atoms with Crippen LogP contribution in [0.3, 0.4) is 0 Å². The maximum atomic E-state index is 13.2. The topological polar surface area (TPSA) is 86.6 Å². The van der Waals surface area contributed by atoms with E-state index in [1.807, 2.05) is 48.5 Å². The van der Waals surface area contributed by atoms with Crippen LogP contribution in [0, 0.1) is 0 Å². The highest BCUT2D eigenvalue weighted by atomic mass is 32.2. The van der Waals surface area contributed by atoms with Crippen molar-refractivity contribution in [1.29, 1.82) is 0 Å². The van der Waals surface area contributed by atoms with Crippen molar-refractivity contribution in [2.45, 2.75) is 9.24 Å². The van der Waals surface area contributed by atoms with Gasteiger partial charge >= 0.3 is 0 Å². The number of anilines is 1. The predicted molar refractivity (Wildman–Crippen MR) is 135 cm³/mol. The Kier molecular flexibility index (Phi) is 5.90. The molecule has 0 amide bonds. The highest BCUT2D eigenvalue weighted by Gasteiger charge is 2.17. The fraction of sp³-hybridized carbons (Fsp3) is 0.0455. The summed E-state index contributed by atoms with van der Waals surface area (Å²) >= 11 is 2.91. The number of aliphatic imine (C=N–C) groups is 1. The van der Waals surface area contributed by atoms with Crippen molar-refractivity contribution < 1.29 is 9.32 Å². The second-order valence-corrected chi connectivity index (χ2v) is 10.9. The number of phenols is 1. The smallest absolute Gasteiger partial charge is 0.156 e. The number of nitrogens with one attached hydrogen (secondary N) is 2. The Morgan fingerprint density at radius 3 is 2.65 bits per heavy atom. The fourth-order valence-electron chi connectivity index (χ4n) is 3.08. The fourth-order valence-corrected chi connectivity index (χ4v) is 6.35. The van der Waals surface area contributed by atoms with E-state index in [-0.39, 0.29) is 10.8 Å². The Bertz CT molecular complexity index is 1390. The Labute approximate surface area is 188 Å². The molecule has 3 aromatic carbocycles. The van der Waals surface area contributed by atoms with Crippen LogP contribution in [0.4, 0.5) is 5.69 Å². The van der Waals surface area contributed by atoms with Crippen molar-refractivity contribution in [2.75, 3.05) is 11.8 Å². The molecule has 0 aliphatic carbocycles. The first kappa shape index (κ1) is 21.2. The van der Waals surface area contributed by atoms with E-state index >= 15 is 0 Å². The van der Waals surface area contributed by atoms with Crippen LogP contribution in [0.15, 0.2) is 80.1 Å². The first-order chi connectivity index (χ1) is 14.9. The molecule has 0 saturated heterocycles. The Balaban J connectivity index is 1.81. The van der Waals surface area contributed by atoms with E-state index in [0.29, 0.717) is 16.0 Å². The molecule has 6 nitrogen and oxygen atoms in total. The number of aromatic hydroxyl groups is 1. The van der Waals surface area contributed by atoms with Gasteiger partial charge in [-0.05, 0) is 30.8 Å². The number of thiazole rings is 1. The lowest BCUT2D eigenvalue weighted by atomic mass is 10.1. The minimum absolute atomic E-state index is 0.147. The summed E-state index contributed by atoms with van der Waals surface area (Å²) in [5.74, 6) is 3.97. The molecule has 31 heavy (non-hydrogen) atoms. The van der Waals surface area contributed by atoms with E-state index in [4.69, 9.17) is 0 Å². The normalized spacial score (nSPS) is 13.8. The van der Waals surface area contributed by atoms with Crippen molar-refractivity contribution in [3.05, 3.63) is 65.8 Å². The van der Waals surface area contributed by atoms with Gasteiger partial charge in [-0.25, -0.2) is 9.19 Å². The first-order valence-electron chi connectivity index (χ1n) is 9.20. The molecule has 4 aromatic rings. The molecule has 0 aliphatic heterocycles. The average Bonchev–Trinajstić information content (AvgIpc) is 3.17. The minimum Gasteiger partial charge on any atom is -0.506 e. The van der Waals surface area contributed by atoms with Crippen molar-refractivity contribution in [3.63, 3.8) is 0 Å². The summed E-state index contributed by atoms with van der Waals surface area (Å²) < 4.78 is 18.1. The molecule has 9 heteroatoms. The third kappa shape index (κ3) is 4.25. The maximum absolute atomic E-state index is 13.2. The van der Waals surface area contributed by atoms with E-state index in [1.54, 1.807) is 24.5 Å². The molecule has 0 spiro atoms. The zero-order valence-corrected chi connectivity index (χ0v) is 19.1. The highest BCUT2D eigenvalue weighted by Crippen LogP contribution is 2.44. The number of para-hydroxylation sites is 1. The molecule has 1 atom stereocenters. The van der Waals surface area contributed by atoms with Crippen LogP contribution in [0.5, 0.6) is 5.75 Å². The van der Waals surface area contributed by atoms with Gasteiger partial charge in [0.15, 0.2) is 9.37 Å². The number of benzene rings is 3. The molecule has 1 aromatic heterocycles. The standard InChI is InChI=1S/C22H20N4O2S3/c1-23-13-20(24-2)31(3,28)26-17-12-19(21(27)15-9-5-4-8-14(15)17)30-22-25-16-10-6-7-11-18(16)29-22/h4-13,23,27H,2-3H2,1H3,(H,26,28)/b20-13+. The van der Waals surface area contributed by atoms with Crippen molar-refractivity contribution >= 4 is 72.1 Å². The summed E-state index contributed by atoms with van der Waals surface area (Å²) in [5.41, 5.74) is 1.48. The van der Waals surface area contributed by atoms with Gasteiger partial charge in [0.05, 0.1) is 30.5 Å². The number of rotatable bonds is 7. The van der Waals surface area contributed by atoms with E-state index in [0.717, 1.165) is 19.9 Å². The van der Waals surface area contributed by atoms with E-state index in [9.17, 15) is 9.32 Å². The number of aromatic nitrogens is 1. The van der Waals surface area contributed by atoms with Crippen molar-refractivity contribution in [3.8, 4) is 5.75 Å². The lowest BCUT2D eigenvalue weighted by Crippen LogP contribution is -2.16. The maximum Gasteiger partial charge on any atom is 0.156 e. The zero-order chi connectivity index (χ0) is 22.0. The molecule has 0 bridgehead atoms. The monoisotopic (exact) mass is 468 g/mol. The minimum atomic E-state index is -2.99. The molecule has 158 valence electrons. The van der Waals surface area contributed by atoms with Gasteiger partial charge in [0.25, 0.3) is 0 Å². The molecule has 0 saturated carbocycles. The molecule has 0 aliphatic rings. The number of fused-ring (bicyclic) bond motifs is 2. The quantitative estimate of drug-likeness (QED) is 0.200. The van der Waals surface area contributed by atoms with Crippen molar-refractivity contribution in [1.82, 2.24) is 10.3 Å². The van der Waals surface area contributed by atoms with E-state index < -0.39 is 9.71 Å². The van der Waals surface area contributed by atoms with Gasteiger partial charge in [-0.1, -0.05) is 48.2 Å². The Morgan fingerprint density at radius 2 is 1.94 bits per heavy atom. The average molecular weight is 469 g/mol. The summed E-state index contributed by atoms with van der Waals surface area (Å²) in [7, 11) is -1.30. The van der Waals surface area contributed by atoms with Gasteiger partial charge in [-0.2, -0.15) is 0 Å². The molecular formula is C22H20N4O2S3. The second-order valence-electron chi connectivity index (χ2n) is 6.57. The molecular weight excluding hydrogens is 448 g/mol. The molecule has 3 N–H and O–H groups in total. The molecule has 0 fully saturated rings. The Hall–Kier alpha value is -3.01. The summed E-state index contributed by atoms with van der Waals surface area (Å²) in [4.78, 5) is 9.08. The van der Waals surface area contributed by atoms with Crippen LogP contribution in [0.25, 0.3) is 21.0 Å². The third-order valence-corrected chi connectivity index (χ3v) is 8.09. The predicted octanol–water partition coefficient (Wildman–Crippen LogP) is 5.07. The van der Waals surface area contributed by atoms with Crippen LogP contribution in [0.1, 0.15) is 0 Å². The van der Waals surface area contributed by atoms with Crippen LogP contribution < -0.4 is 10.0 Å². The van der Waals surface area contributed by atoms with Crippen LogP contribution in [-0.2, 0) is 9.71 Å². The van der Waals surface area contributed by atoms with E-state index in [1.165, 1.54) is 18.0 Å². The number of nitrogens with zero attached hydrogens (tertiary/aromatic N) is 2. The summed E-state index contributed by atoms with van der Waals surface area (Å²) in [6.07, 6.45) is 1.49. The lowest BCUT2D eigenvalue weighted by molar-refractivity contribution is 0.469. The van der Waals surface area contributed by atoms with Gasteiger partial charge in [0.1, 0.15) is 5.75 Å². The molecule has 0 radical (unpaired) electrons. The molecule has 1 unspecified atom stereocenters. The summed E-state index contributed by atoms with van der Waals surface area (Å²) in [6, 6.07) is 17.0. The van der Waals surface area contributed by atoms with Gasteiger partial charge in [-0.15, -0.1) is 11.3 Å². The van der Waals surface area contributed by atoms with Crippen LogP contribution >= 0.6 is 23.1 Å². The largest absolute Gasteiger partial charge is 0.506 e. The van der Waals surface area contributed by atoms with Crippen LogP contribution in [0.2, 0.25) is 0 Å². The zero-order valence-electron chi connectivity index (χ0n) is 16.7. The van der Waals surface area contributed by atoms with E-state index in [2.05, 4.69) is 32.6 Å². The van der Waals surface area contributed by atoms with Crippen LogP contribution in [-0.4, -0.2) is 33.9 Å². The number of hydrogen-bond acceptors (Lipinski definition) is 7. The lowest BCUT2D eigenvalue weighted by Gasteiger charge is -2.17. The van der Waals surface area contributed by atoms with Gasteiger partial charge < -0.3 is 15.1 Å². The molecule has 4 rings (SSSR count). The first-order valence-corrected chi connectivity index (χ1v) is 12.6. The highest BCUT2D eigenvalue weighted by molar-refractivity contribution is 8.05. The third-order valence-electron chi connectivity index (χ3n) is 4.49. The SMILES string of the molecule is C=N/C(=C\NC)S(=C)(=O)Nc1cc(Sc2nc3ccccc3s2)c(O)c2ccccc12. The number of phenolic OH excluding ortho intramolecular Hbond substituents is 1. The second kappa shape index (κ2) is 8.62. The Morgan fingerprint density at radius 1 is 1.23 bits per heavy atom. The van der Waals surface area contributed by atoms with Gasteiger partial charge in [0, 0.05) is 24.0 Å². The summed E-state index contributed by atoms with van der Waals surface area (Å²) in [5, 5.41) is 15.3. The molecule has 1 heterocycles. The van der Waals surface area contributed by atoms with Gasteiger partial charge in [0.2, 0.25) is 0 Å². The van der Waals surface area contributed by atoms with Gasteiger partial charge in [-0.3, -0.25) is 4.99 Å².